The van der Waals surface area contributed by atoms with Gasteiger partial charge in [-0.25, -0.2) is 4.98 Å². The normalized spacial score (nSPS) is 20.1. The lowest BCUT2D eigenvalue weighted by Gasteiger charge is -2.22. The number of nitrogens with one attached hydrogen (secondary N) is 1. The van der Waals surface area contributed by atoms with Crippen molar-refractivity contribution in [1.29, 1.82) is 0 Å². The van der Waals surface area contributed by atoms with Gasteiger partial charge in [0.05, 0.1) is 10.7 Å². The van der Waals surface area contributed by atoms with Gasteiger partial charge in [-0.1, -0.05) is 13.8 Å². The average Bonchev–Trinajstić information content (AvgIpc) is 2.58. The van der Waals surface area contributed by atoms with Crippen LogP contribution in [0.15, 0.2) is 0 Å². The first kappa shape index (κ1) is 12.1. The number of thiazole rings is 1. The van der Waals surface area contributed by atoms with Crippen molar-refractivity contribution < 1.29 is 0 Å². The molecular weight excluding hydrogens is 216 g/mol. The quantitative estimate of drug-likeness (QED) is 0.869. The largest absolute Gasteiger partial charge is 0.309 e. The van der Waals surface area contributed by atoms with Crippen LogP contribution in [0, 0.1) is 12.8 Å². The summed E-state index contributed by atoms with van der Waals surface area (Å²) in [5, 5.41) is 4.92. The van der Waals surface area contributed by atoms with E-state index in [0.717, 1.165) is 12.5 Å². The molecule has 16 heavy (non-hydrogen) atoms. The maximum Gasteiger partial charge on any atom is 0.0900 e. The van der Waals surface area contributed by atoms with Crippen LogP contribution >= 0.6 is 11.3 Å². The van der Waals surface area contributed by atoms with Gasteiger partial charge in [-0.15, -0.1) is 11.3 Å². The van der Waals surface area contributed by atoms with Gasteiger partial charge in [0, 0.05) is 10.9 Å². The Morgan fingerprint density at radius 2 is 2.31 bits per heavy atom. The molecule has 0 amide bonds. The van der Waals surface area contributed by atoms with Crippen LogP contribution in [0.5, 0.6) is 0 Å². The van der Waals surface area contributed by atoms with Crippen molar-refractivity contribution in [2.75, 3.05) is 6.54 Å². The Labute approximate surface area is 102 Å². The molecule has 1 aliphatic carbocycles. The molecule has 90 valence electrons. The van der Waals surface area contributed by atoms with E-state index < -0.39 is 0 Å². The molecule has 2 nitrogen and oxygen atoms in total. The second kappa shape index (κ2) is 5.28. The molecule has 3 heteroatoms. The number of aryl methyl sites for hydroxylation is 2. The van der Waals surface area contributed by atoms with Gasteiger partial charge in [0.1, 0.15) is 0 Å². The highest BCUT2D eigenvalue weighted by atomic mass is 32.1. The third-order valence-electron chi connectivity index (χ3n) is 3.17. The van der Waals surface area contributed by atoms with Crippen molar-refractivity contribution in [2.45, 2.75) is 52.5 Å². The molecule has 1 aliphatic rings. The van der Waals surface area contributed by atoms with Gasteiger partial charge in [0.15, 0.2) is 0 Å². The summed E-state index contributed by atoms with van der Waals surface area (Å²) in [7, 11) is 0. The zero-order chi connectivity index (χ0) is 11.5. The molecule has 1 aromatic heterocycles. The summed E-state index contributed by atoms with van der Waals surface area (Å²) in [6, 6.07) is 0.577. The SMILES string of the molecule is Cc1nc2c(s1)C(NCCC(C)C)CCC2. The molecule has 1 heterocycles. The summed E-state index contributed by atoms with van der Waals surface area (Å²) < 4.78 is 0. The number of aromatic nitrogens is 1. The third-order valence-corrected chi connectivity index (χ3v) is 4.30. The molecule has 0 aromatic carbocycles. The maximum absolute atomic E-state index is 4.62. The molecule has 2 rings (SSSR count). The minimum atomic E-state index is 0.577. The first-order valence-corrected chi connectivity index (χ1v) is 7.18. The van der Waals surface area contributed by atoms with Crippen LogP contribution < -0.4 is 5.32 Å². The lowest BCUT2D eigenvalue weighted by Crippen LogP contribution is -2.25. The summed E-state index contributed by atoms with van der Waals surface area (Å²) >= 11 is 1.88. The molecule has 0 radical (unpaired) electrons. The fourth-order valence-electron chi connectivity index (χ4n) is 2.28. The Bertz CT molecular complexity index is 344. The Morgan fingerprint density at radius 1 is 1.50 bits per heavy atom. The highest BCUT2D eigenvalue weighted by Crippen LogP contribution is 2.33. The molecule has 0 bridgehead atoms. The van der Waals surface area contributed by atoms with Crippen molar-refractivity contribution in [3.8, 4) is 0 Å². The molecule has 1 aromatic rings. The molecule has 1 atom stereocenters. The van der Waals surface area contributed by atoms with E-state index in [1.165, 1.54) is 41.3 Å². The van der Waals surface area contributed by atoms with Crippen molar-refractivity contribution >= 4 is 11.3 Å². The van der Waals surface area contributed by atoms with Crippen LogP contribution in [0.1, 0.15) is 54.7 Å². The molecule has 0 saturated carbocycles. The van der Waals surface area contributed by atoms with E-state index in [0.29, 0.717) is 6.04 Å². The fourth-order valence-corrected chi connectivity index (χ4v) is 3.37. The van der Waals surface area contributed by atoms with E-state index >= 15 is 0 Å². The van der Waals surface area contributed by atoms with Crippen molar-refractivity contribution in [1.82, 2.24) is 10.3 Å². The minimum absolute atomic E-state index is 0.577. The van der Waals surface area contributed by atoms with Gasteiger partial charge in [0.25, 0.3) is 0 Å². The average molecular weight is 238 g/mol. The Morgan fingerprint density at radius 3 is 3.06 bits per heavy atom. The van der Waals surface area contributed by atoms with Crippen LogP contribution in [-0.4, -0.2) is 11.5 Å². The van der Waals surface area contributed by atoms with Crippen molar-refractivity contribution in [2.24, 2.45) is 5.92 Å². The number of hydrogen-bond donors (Lipinski definition) is 1. The van der Waals surface area contributed by atoms with Crippen LogP contribution in [0.2, 0.25) is 0 Å². The topological polar surface area (TPSA) is 24.9 Å². The molecule has 0 spiro atoms. The van der Waals surface area contributed by atoms with E-state index in [4.69, 9.17) is 0 Å². The predicted octanol–water partition coefficient (Wildman–Crippen LogP) is 3.46. The zero-order valence-corrected chi connectivity index (χ0v) is 11.4. The van der Waals surface area contributed by atoms with Crippen LogP contribution in [0.3, 0.4) is 0 Å². The Balaban J connectivity index is 1.96. The highest BCUT2D eigenvalue weighted by Gasteiger charge is 2.23. The van der Waals surface area contributed by atoms with Crippen LogP contribution in [-0.2, 0) is 6.42 Å². The highest BCUT2D eigenvalue weighted by molar-refractivity contribution is 7.11. The summed E-state index contributed by atoms with van der Waals surface area (Å²) in [4.78, 5) is 6.13. The molecular formula is C13H22N2S. The number of fused-ring (bicyclic) bond motifs is 1. The molecule has 1 N–H and O–H groups in total. The lowest BCUT2D eigenvalue weighted by atomic mass is 9.98. The molecule has 0 saturated heterocycles. The van der Waals surface area contributed by atoms with E-state index in [2.05, 4.69) is 31.1 Å². The van der Waals surface area contributed by atoms with Crippen LogP contribution in [0.25, 0.3) is 0 Å². The summed E-state index contributed by atoms with van der Waals surface area (Å²) in [6.07, 6.45) is 5.02. The monoisotopic (exact) mass is 238 g/mol. The van der Waals surface area contributed by atoms with E-state index in [9.17, 15) is 0 Å². The van der Waals surface area contributed by atoms with Crippen LogP contribution in [0.4, 0.5) is 0 Å². The zero-order valence-electron chi connectivity index (χ0n) is 10.5. The number of hydrogen-bond acceptors (Lipinski definition) is 3. The summed E-state index contributed by atoms with van der Waals surface area (Å²) in [5.74, 6) is 0.791. The van der Waals surface area contributed by atoms with Gasteiger partial charge in [-0.2, -0.15) is 0 Å². The van der Waals surface area contributed by atoms with Gasteiger partial charge < -0.3 is 5.32 Å². The summed E-state index contributed by atoms with van der Waals surface area (Å²) in [6.45, 7) is 7.82. The van der Waals surface area contributed by atoms with Crippen molar-refractivity contribution in [3.63, 3.8) is 0 Å². The maximum atomic E-state index is 4.62. The summed E-state index contributed by atoms with van der Waals surface area (Å²) in [5.41, 5.74) is 1.36. The van der Waals surface area contributed by atoms with E-state index in [-0.39, 0.29) is 0 Å². The lowest BCUT2D eigenvalue weighted by molar-refractivity contribution is 0.437. The van der Waals surface area contributed by atoms with Gasteiger partial charge in [-0.3, -0.25) is 0 Å². The van der Waals surface area contributed by atoms with E-state index in [1.54, 1.807) is 0 Å². The number of rotatable bonds is 4. The second-order valence-corrected chi connectivity index (χ2v) is 6.36. The van der Waals surface area contributed by atoms with E-state index in [1.807, 2.05) is 11.3 Å². The smallest absolute Gasteiger partial charge is 0.0900 e. The minimum Gasteiger partial charge on any atom is -0.309 e. The third kappa shape index (κ3) is 2.83. The number of nitrogens with zero attached hydrogens (tertiary/aromatic N) is 1. The molecule has 0 aliphatic heterocycles. The first-order valence-electron chi connectivity index (χ1n) is 6.36. The van der Waals surface area contributed by atoms with Gasteiger partial charge in [-0.05, 0) is 45.1 Å². The first-order chi connectivity index (χ1) is 7.66. The standard InChI is InChI=1S/C13H22N2S/c1-9(2)7-8-14-11-5-4-6-12-13(11)16-10(3)15-12/h9,11,14H,4-8H2,1-3H3. The van der Waals surface area contributed by atoms with Crippen molar-refractivity contribution in [3.05, 3.63) is 15.6 Å². The van der Waals surface area contributed by atoms with Gasteiger partial charge >= 0.3 is 0 Å². The molecule has 0 fully saturated rings. The molecule has 1 unspecified atom stereocenters. The Hall–Kier alpha value is -0.410. The van der Waals surface area contributed by atoms with Gasteiger partial charge in [0.2, 0.25) is 0 Å². The second-order valence-electron chi connectivity index (χ2n) is 5.13. The predicted molar refractivity (Wildman–Crippen MR) is 70.0 cm³/mol. The Kier molecular flexibility index (Phi) is 3.98. The fraction of sp³-hybridized carbons (Fsp3) is 0.769.